The van der Waals surface area contributed by atoms with Gasteiger partial charge in [-0.2, -0.15) is 0 Å². The molecule has 0 saturated heterocycles. The first-order valence-electron chi connectivity index (χ1n) is 8.48. The Balaban J connectivity index is 1.85. The smallest absolute Gasteiger partial charge is 0.208 e. The molecule has 0 aromatic carbocycles. The molecule has 128 valence electrons. The molecule has 2 rings (SSSR count). The topological polar surface area (TPSA) is 96.6 Å². The van der Waals surface area contributed by atoms with Crippen LogP contribution in [0.2, 0.25) is 0 Å². The highest BCUT2D eigenvalue weighted by molar-refractivity contribution is 7.88. The van der Waals surface area contributed by atoms with Gasteiger partial charge in [0.1, 0.15) is 0 Å². The summed E-state index contributed by atoms with van der Waals surface area (Å²) in [6.07, 6.45) is 11.5. The van der Waals surface area contributed by atoms with E-state index < -0.39 is 10.0 Å². The Hall–Kier alpha value is -0.820. The lowest BCUT2D eigenvalue weighted by Crippen LogP contribution is -2.44. The van der Waals surface area contributed by atoms with Crippen LogP contribution in [0.15, 0.2) is 4.99 Å². The molecule has 0 amide bonds. The summed E-state index contributed by atoms with van der Waals surface area (Å²) in [5.74, 6) is 0.755. The Labute approximate surface area is 134 Å². The molecule has 0 spiro atoms. The lowest BCUT2D eigenvalue weighted by molar-refractivity contribution is 0.296. The van der Waals surface area contributed by atoms with Gasteiger partial charge in [0, 0.05) is 18.6 Å². The molecule has 2 fully saturated rings. The predicted molar refractivity (Wildman–Crippen MR) is 90.2 cm³/mol. The number of nitrogens with one attached hydrogen (secondary N) is 2. The maximum atomic E-state index is 11.5. The summed E-state index contributed by atoms with van der Waals surface area (Å²) in [7, 11) is -3.16. The van der Waals surface area contributed by atoms with E-state index >= 15 is 0 Å². The van der Waals surface area contributed by atoms with Gasteiger partial charge in [-0.3, -0.25) is 4.99 Å². The van der Waals surface area contributed by atoms with Crippen molar-refractivity contribution in [3.05, 3.63) is 0 Å². The molecule has 22 heavy (non-hydrogen) atoms. The summed E-state index contributed by atoms with van der Waals surface area (Å²) < 4.78 is 25.7. The molecule has 0 radical (unpaired) electrons. The van der Waals surface area contributed by atoms with Crippen molar-refractivity contribution < 1.29 is 8.42 Å². The van der Waals surface area contributed by atoms with Gasteiger partial charge in [-0.1, -0.05) is 32.1 Å². The molecule has 2 aliphatic carbocycles. The second-order valence-electron chi connectivity index (χ2n) is 6.75. The second kappa shape index (κ2) is 8.15. The molecular formula is C15H30N4O2S. The van der Waals surface area contributed by atoms with Crippen molar-refractivity contribution >= 4 is 16.0 Å². The third kappa shape index (κ3) is 6.12. The van der Waals surface area contributed by atoms with Gasteiger partial charge in [0.2, 0.25) is 10.0 Å². The number of guanidine groups is 1. The van der Waals surface area contributed by atoms with E-state index in [1.165, 1.54) is 25.5 Å². The monoisotopic (exact) mass is 330 g/mol. The van der Waals surface area contributed by atoms with Crippen LogP contribution in [0.4, 0.5) is 0 Å². The van der Waals surface area contributed by atoms with Gasteiger partial charge in [-0.05, 0) is 31.6 Å². The Kier molecular flexibility index (Phi) is 6.50. The molecule has 6 nitrogen and oxygen atoms in total. The SMILES string of the molecule is CS(=O)(=O)NC1CCCCC1CN=C(N)NC1CCCCC1. The number of rotatable bonds is 5. The third-order valence-electron chi connectivity index (χ3n) is 4.73. The highest BCUT2D eigenvalue weighted by atomic mass is 32.2. The first kappa shape index (κ1) is 17.5. The summed E-state index contributed by atoms with van der Waals surface area (Å²) in [5.41, 5.74) is 5.99. The van der Waals surface area contributed by atoms with Gasteiger partial charge in [-0.15, -0.1) is 0 Å². The number of hydrogen-bond acceptors (Lipinski definition) is 3. The van der Waals surface area contributed by atoms with E-state index in [2.05, 4.69) is 15.0 Å². The van der Waals surface area contributed by atoms with Gasteiger partial charge < -0.3 is 11.1 Å². The van der Waals surface area contributed by atoms with Crippen LogP contribution in [-0.4, -0.2) is 39.3 Å². The Bertz CT molecular complexity index is 472. The maximum absolute atomic E-state index is 11.5. The van der Waals surface area contributed by atoms with Crippen LogP contribution in [0.1, 0.15) is 57.8 Å². The van der Waals surface area contributed by atoms with Crippen LogP contribution in [0.25, 0.3) is 0 Å². The zero-order valence-electron chi connectivity index (χ0n) is 13.6. The number of aliphatic imine (C=N–C) groups is 1. The lowest BCUT2D eigenvalue weighted by Gasteiger charge is -2.30. The number of nitrogens with zero attached hydrogens (tertiary/aromatic N) is 1. The average molecular weight is 330 g/mol. The van der Waals surface area contributed by atoms with Crippen molar-refractivity contribution in [1.29, 1.82) is 0 Å². The zero-order valence-corrected chi connectivity index (χ0v) is 14.4. The molecule has 4 N–H and O–H groups in total. The molecule has 0 aromatic heterocycles. The van der Waals surface area contributed by atoms with Crippen LogP contribution < -0.4 is 15.8 Å². The van der Waals surface area contributed by atoms with Crippen molar-refractivity contribution in [3.63, 3.8) is 0 Å². The highest BCUT2D eigenvalue weighted by Gasteiger charge is 2.27. The van der Waals surface area contributed by atoms with Gasteiger partial charge in [0.05, 0.1) is 6.26 Å². The molecule has 0 bridgehead atoms. The van der Waals surface area contributed by atoms with E-state index in [-0.39, 0.29) is 12.0 Å². The minimum absolute atomic E-state index is 0.00465. The summed E-state index contributed by atoms with van der Waals surface area (Å²) in [6, 6.07) is 0.448. The third-order valence-corrected chi connectivity index (χ3v) is 5.46. The fraction of sp³-hybridized carbons (Fsp3) is 0.933. The number of nitrogens with two attached hydrogens (primary N) is 1. The van der Waals surface area contributed by atoms with Gasteiger partial charge in [-0.25, -0.2) is 13.1 Å². The first-order chi connectivity index (χ1) is 10.4. The second-order valence-corrected chi connectivity index (χ2v) is 8.53. The Morgan fingerprint density at radius 2 is 1.73 bits per heavy atom. The van der Waals surface area contributed by atoms with Crippen LogP contribution in [-0.2, 0) is 10.0 Å². The average Bonchev–Trinajstić information content (AvgIpc) is 2.46. The Morgan fingerprint density at radius 1 is 1.09 bits per heavy atom. The zero-order chi connectivity index (χ0) is 16.0. The standard InChI is InChI=1S/C15H30N4O2S/c1-22(20,21)19-14-10-6-5-7-12(14)11-17-15(16)18-13-8-3-2-4-9-13/h12-14,19H,2-11H2,1H3,(H3,16,17,18). The summed E-state index contributed by atoms with van der Waals surface area (Å²) in [4.78, 5) is 4.47. The highest BCUT2D eigenvalue weighted by Crippen LogP contribution is 2.25. The summed E-state index contributed by atoms with van der Waals surface area (Å²) >= 11 is 0. The van der Waals surface area contributed by atoms with Gasteiger partial charge >= 0.3 is 0 Å². The summed E-state index contributed by atoms with van der Waals surface area (Å²) in [5, 5.41) is 3.31. The number of sulfonamides is 1. The quantitative estimate of drug-likeness (QED) is 0.523. The fourth-order valence-electron chi connectivity index (χ4n) is 3.57. The Morgan fingerprint density at radius 3 is 2.41 bits per heavy atom. The molecule has 7 heteroatoms. The molecule has 0 aliphatic heterocycles. The van der Waals surface area contributed by atoms with Gasteiger partial charge in [0.15, 0.2) is 5.96 Å². The molecule has 2 atom stereocenters. The van der Waals surface area contributed by atoms with Crippen LogP contribution >= 0.6 is 0 Å². The fourth-order valence-corrected chi connectivity index (χ4v) is 4.43. The molecule has 2 unspecified atom stereocenters. The minimum Gasteiger partial charge on any atom is -0.370 e. The van der Waals surface area contributed by atoms with E-state index in [0.717, 1.165) is 38.5 Å². The van der Waals surface area contributed by atoms with Crippen molar-refractivity contribution in [2.75, 3.05) is 12.8 Å². The van der Waals surface area contributed by atoms with Crippen molar-refractivity contribution in [2.24, 2.45) is 16.6 Å². The molecular weight excluding hydrogens is 300 g/mol. The van der Waals surface area contributed by atoms with Crippen LogP contribution in [0.3, 0.4) is 0 Å². The van der Waals surface area contributed by atoms with E-state index in [1.54, 1.807) is 0 Å². The molecule has 0 heterocycles. The molecule has 2 aliphatic rings. The largest absolute Gasteiger partial charge is 0.370 e. The van der Waals surface area contributed by atoms with Crippen LogP contribution in [0.5, 0.6) is 0 Å². The lowest BCUT2D eigenvalue weighted by atomic mass is 9.85. The minimum atomic E-state index is -3.16. The van der Waals surface area contributed by atoms with Crippen molar-refractivity contribution in [3.8, 4) is 0 Å². The molecule has 0 aromatic rings. The van der Waals surface area contributed by atoms with Gasteiger partial charge in [0.25, 0.3) is 0 Å². The van der Waals surface area contributed by atoms with E-state index in [9.17, 15) is 8.42 Å². The first-order valence-corrected chi connectivity index (χ1v) is 10.4. The van der Waals surface area contributed by atoms with Crippen LogP contribution in [0, 0.1) is 5.92 Å². The maximum Gasteiger partial charge on any atom is 0.208 e. The van der Waals surface area contributed by atoms with Crippen molar-refractivity contribution in [2.45, 2.75) is 69.9 Å². The normalized spacial score (nSPS) is 28.5. The summed E-state index contributed by atoms with van der Waals surface area (Å²) in [6.45, 7) is 0.596. The van der Waals surface area contributed by atoms with Crippen molar-refractivity contribution in [1.82, 2.24) is 10.0 Å². The van der Waals surface area contributed by atoms with E-state index in [4.69, 9.17) is 5.73 Å². The predicted octanol–water partition coefficient (Wildman–Crippen LogP) is 1.33. The molecule has 2 saturated carbocycles. The number of hydrogen-bond donors (Lipinski definition) is 3. The van der Waals surface area contributed by atoms with E-state index in [0.29, 0.717) is 18.5 Å². The van der Waals surface area contributed by atoms with E-state index in [1.807, 2.05) is 0 Å².